The third kappa shape index (κ3) is 2.80. The average molecular weight is 232 g/mol. The third-order valence-electron chi connectivity index (χ3n) is 1.97. The molecule has 0 aliphatic heterocycles. The number of aromatic nitrogens is 1. The second kappa shape index (κ2) is 4.76. The normalized spacial score (nSPS) is 10.8. The van der Waals surface area contributed by atoms with Crippen molar-refractivity contribution in [2.45, 2.75) is 6.92 Å². The number of nitrogens with one attached hydrogen (secondary N) is 1. The molecule has 2 rings (SSSR count). The van der Waals surface area contributed by atoms with Gasteiger partial charge in [-0.25, -0.2) is 4.98 Å². The lowest BCUT2D eigenvalue weighted by molar-refractivity contribution is 1.29. The monoisotopic (exact) mass is 232 g/mol. The van der Waals surface area contributed by atoms with E-state index < -0.39 is 0 Å². The number of benzene rings is 1. The quantitative estimate of drug-likeness (QED) is 0.631. The zero-order chi connectivity index (χ0) is 11.4. The van der Waals surface area contributed by atoms with Crippen LogP contribution < -0.4 is 11.2 Å². The summed E-state index contributed by atoms with van der Waals surface area (Å²) >= 11 is 1.43. The predicted octanol–water partition coefficient (Wildman–Crippen LogP) is 2.48. The Labute approximate surface area is 97.8 Å². The van der Waals surface area contributed by atoms with Crippen molar-refractivity contribution >= 4 is 28.5 Å². The molecule has 0 aliphatic rings. The van der Waals surface area contributed by atoms with Gasteiger partial charge in [-0.3, -0.25) is 5.43 Å². The molecule has 0 aliphatic carbocycles. The summed E-state index contributed by atoms with van der Waals surface area (Å²) in [4.78, 5) is 4.03. The molecular weight excluding hydrogens is 220 g/mol. The second-order valence-electron chi connectivity index (χ2n) is 3.36. The van der Waals surface area contributed by atoms with Gasteiger partial charge in [-0.05, 0) is 12.5 Å². The predicted molar refractivity (Wildman–Crippen MR) is 68.9 cm³/mol. The minimum atomic E-state index is 0.512. The first-order valence-electron chi connectivity index (χ1n) is 4.81. The van der Waals surface area contributed by atoms with Gasteiger partial charge in [0.15, 0.2) is 0 Å². The summed E-state index contributed by atoms with van der Waals surface area (Å²) in [6.07, 6.45) is 1.75. The molecule has 2 aromatic rings. The molecule has 0 saturated heterocycles. The van der Waals surface area contributed by atoms with Crippen molar-refractivity contribution in [3.05, 3.63) is 40.8 Å². The fourth-order valence-electron chi connectivity index (χ4n) is 1.15. The number of hydrogen-bond donors (Lipinski definition) is 2. The van der Waals surface area contributed by atoms with Gasteiger partial charge in [0.25, 0.3) is 0 Å². The van der Waals surface area contributed by atoms with E-state index in [1.807, 2.05) is 24.3 Å². The molecule has 4 nitrogen and oxygen atoms in total. The van der Waals surface area contributed by atoms with Crippen LogP contribution in [0.5, 0.6) is 0 Å². The van der Waals surface area contributed by atoms with Crippen molar-refractivity contribution < 1.29 is 0 Å². The number of hydrogen-bond acceptors (Lipinski definition) is 5. The Morgan fingerprint density at radius 3 is 2.75 bits per heavy atom. The number of nitrogens with two attached hydrogens (primary N) is 1. The highest BCUT2D eigenvalue weighted by molar-refractivity contribution is 7.14. The molecule has 0 atom stereocenters. The first-order valence-corrected chi connectivity index (χ1v) is 5.69. The molecule has 0 radical (unpaired) electrons. The number of aryl methyl sites for hydroxylation is 1. The van der Waals surface area contributed by atoms with Gasteiger partial charge in [-0.1, -0.05) is 29.8 Å². The SMILES string of the molecule is Cc1ccc(C=NNc2nc(N)cs2)cc1. The highest BCUT2D eigenvalue weighted by atomic mass is 32.1. The van der Waals surface area contributed by atoms with Gasteiger partial charge in [0.1, 0.15) is 5.82 Å². The Kier molecular flexibility index (Phi) is 3.16. The number of nitrogen functional groups attached to an aromatic ring is 1. The van der Waals surface area contributed by atoms with Gasteiger partial charge in [0.2, 0.25) is 5.13 Å². The molecule has 5 heteroatoms. The van der Waals surface area contributed by atoms with Crippen LogP contribution in [0.1, 0.15) is 11.1 Å². The van der Waals surface area contributed by atoms with E-state index in [1.54, 1.807) is 11.6 Å². The molecule has 0 saturated carbocycles. The largest absolute Gasteiger partial charge is 0.383 e. The number of anilines is 2. The first kappa shape index (κ1) is 10.6. The Bertz CT molecular complexity index is 487. The summed E-state index contributed by atoms with van der Waals surface area (Å²) in [5.74, 6) is 0.512. The number of rotatable bonds is 3. The maximum absolute atomic E-state index is 5.49. The summed E-state index contributed by atoms with van der Waals surface area (Å²) in [5, 5.41) is 6.54. The summed E-state index contributed by atoms with van der Waals surface area (Å²) < 4.78 is 0. The Hall–Kier alpha value is -1.88. The standard InChI is InChI=1S/C11H12N4S/c1-8-2-4-9(5-3-8)6-13-15-11-14-10(12)7-16-11/h2-7H,12H2,1H3,(H,14,15). The van der Waals surface area contributed by atoms with E-state index in [-0.39, 0.29) is 0 Å². The molecule has 1 heterocycles. The third-order valence-corrected chi connectivity index (χ3v) is 2.74. The molecule has 0 spiro atoms. The lowest BCUT2D eigenvalue weighted by Crippen LogP contribution is -1.91. The zero-order valence-electron chi connectivity index (χ0n) is 8.84. The highest BCUT2D eigenvalue weighted by Crippen LogP contribution is 2.15. The van der Waals surface area contributed by atoms with E-state index in [0.717, 1.165) is 5.56 Å². The van der Waals surface area contributed by atoms with Gasteiger partial charge in [-0.2, -0.15) is 5.10 Å². The molecule has 82 valence electrons. The fourth-order valence-corrected chi connectivity index (χ4v) is 1.70. The van der Waals surface area contributed by atoms with Crippen molar-refractivity contribution in [2.24, 2.45) is 5.10 Å². The van der Waals surface area contributed by atoms with Crippen LogP contribution in [0.15, 0.2) is 34.7 Å². The van der Waals surface area contributed by atoms with Crippen LogP contribution in [0.25, 0.3) is 0 Å². The average Bonchev–Trinajstić information content (AvgIpc) is 2.67. The summed E-state index contributed by atoms with van der Waals surface area (Å²) in [6.45, 7) is 2.05. The number of nitrogens with zero attached hydrogens (tertiary/aromatic N) is 2. The minimum Gasteiger partial charge on any atom is -0.383 e. The van der Waals surface area contributed by atoms with Crippen molar-refractivity contribution in [3.63, 3.8) is 0 Å². The van der Waals surface area contributed by atoms with Crippen LogP contribution in [0.2, 0.25) is 0 Å². The molecule has 0 unspecified atom stereocenters. The van der Waals surface area contributed by atoms with Crippen LogP contribution in [-0.4, -0.2) is 11.2 Å². The van der Waals surface area contributed by atoms with Gasteiger partial charge in [0, 0.05) is 5.38 Å². The zero-order valence-corrected chi connectivity index (χ0v) is 9.66. The van der Waals surface area contributed by atoms with E-state index in [1.165, 1.54) is 16.9 Å². The topological polar surface area (TPSA) is 63.3 Å². The van der Waals surface area contributed by atoms with E-state index in [4.69, 9.17) is 5.73 Å². The van der Waals surface area contributed by atoms with Gasteiger partial charge in [0.05, 0.1) is 6.21 Å². The highest BCUT2D eigenvalue weighted by Gasteiger charge is 1.94. The van der Waals surface area contributed by atoms with Crippen LogP contribution in [-0.2, 0) is 0 Å². The Morgan fingerprint density at radius 1 is 1.38 bits per heavy atom. The smallest absolute Gasteiger partial charge is 0.205 e. The van der Waals surface area contributed by atoms with Crippen LogP contribution >= 0.6 is 11.3 Å². The minimum absolute atomic E-state index is 0.512. The van der Waals surface area contributed by atoms with Gasteiger partial charge < -0.3 is 5.73 Å². The van der Waals surface area contributed by atoms with Crippen molar-refractivity contribution in [3.8, 4) is 0 Å². The first-order chi connectivity index (χ1) is 7.74. The van der Waals surface area contributed by atoms with E-state index in [0.29, 0.717) is 10.9 Å². The molecule has 16 heavy (non-hydrogen) atoms. The van der Waals surface area contributed by atoms with E-state index in [2.05, 4.69) is 22.4 Å². The molecule has 3 N–H and O–H groups in total. The second-order valence-corrected chi connectivity index (χ2v) is 4.22. The van der Waals surface area contributed by atoms with Crippen molar-refractivity contribution in [1.29, 1.82) is 0 Å². The van der Waals surface area contributed by atoms with E-state index in [9.17, 15) is 0 Å². The van der Waals surface area contributed by atoms with Gasteiger partial charge >= 0.3 is 0 Å². The lowest BCUT2D eigenvalue weighted by atomic mass is 10.2. The Morgan fingerprint density at radius 2 is 2.12 bits per heavy atom. The van der Waals surface area contributed by atoms with Crippen LogP contribution in [0.4, 0.5) is 10.9 Å². The molecule has 0 fully saturated rings. The van der Waals surface area contributed by atoms with Crippen LogP contribution in [0, 0.1) is 6.92 Å². The molecule has 0 amide bonds. The number of hydrazone groups is 1. The summed E-state index contributed by atoms with van der Waals surface area (Å²) in [5.41, 5.74) is 10.6. The fraction of sp³-hybridized carbons (Fsp3) is 0.0909. The maximum atomic E-state index is 5.49. The van der Waals surface area contributed by atoms with Crippen molar-refractivity contribution in [1.82, 2.24) is 4.98 Å². The van der Waals surface area contributed by atoms with Crippen LogP contribution in [0.3, 0.4) is 0 Å². The summed E-state index contributed by atoms with van der Waals surface area (Å²) in [7, 11) is 0. The van der Waals surface area contributed by atoms with Crippen molar-refractivity contribution in [2.75, 3.05) is 11.2 Å². The molecule has 1 aromatic heterocycles. The Balaban J connectivity index is 1.97. The summed E-state index contributed by atoms with van der Waals surface area (Å²) in [6, 6.07) is 8.11. The maximum Gasteiger partial charge on any atom is 0.205 e. The molecule has 0 bridgehead atoms. The van der Waals surface area contributed by atoms with Gasteiger partial charge in [-0.15, -0.1) is 11.3 Å². The lowest BCUT2D eigenvalue weighted by Gasteiger charge is -1.95. The molecular formula is C11H12N4S. The molecule has 1 aromatic carbocycles. The number of thiazole rings is 1. The van der Waals surface area contributed by atoms with E-state index >= 15 is 0 Å².